The zero-order valence-electron chi connectivity index (χ0n) is 10.7. The molecule has 1 N–H and O–H groups in total. The second-order valence-electron chi connectivity index (χ2n) is 5.07. The number of carbonyl (C=O) groups is 2. The number of benzene rings is 1. The highest BCUT2D eigenvalue weighted by atomic mass is 79.9. The van der Waals surface area contributed by atoms with Crippen LogP contribution in [-0.4, -0.2) is 41.1 Å². The van der Waals surface area contributed by atoms with Crippen LogP contribution in [-0.2, 0) is 9.59 Å². The monoisotopic (exact) mass is 339 g/mol. The van der Waals surface area contributed by atoms with Crippen molar-refractivity contribution in [3.63, 3.8) is 0 Å². The minimum absolute atomic E-state index is 0.147. The molecule has 0 aliphatic carbocycles. The van der Waals surface area contributed by atoms with E-state index in [1.54, 1.807) is 0 Å². The fraction of sp³-hybridized carbons (Fsp3) is 0.429. The summed E-state index contributed by atoms with van der Waals surface area (Å²) in [4.78, 5) is 25.3. The van der Waals surface area contributed by atoms with Crippen molar-refractivity contribution in [3.05, 3.63) is 28.2 Å². The fourth-order valence-electron chi connectivity index (χ4n) is 2.88. The van der Waals surface area contributed by atoms with Crippen LogP contribution in [0.3, 0.4) is 0 Å². The van der Waals surface area contributed by atoms with Gasteiger partial charge in [0, 0.05) is 16.6 Å². The summed E-state index contributed by atoms with van der Waals surface area (Å²) in [6.07, 6.45) is 1.27. The number of amides is 1. The molecule has 0 radical (unpaired) electrons. The fourth-order valence-corrected chi connectivity index (χ4v) is 3.26. The molecule has 0 spiro atoms. The number of carboxylic acids is 1. The van der Waals surface area contributed by atoms with E-state index in [2.05, 4.69) is 15.9 Å². The van der Waals surface area contributed by atoms with Crippen molar-refractivity contribution in [1.29, 1.82) is 0 Å². The Morgan fingerprint density at radius 2 is 2.20 bits per heavy atom. The second-order valence-corrected chi connectivity index (χ2v) is 5.99. The Labute approximate surface area is 124 Å². The number of aliphatic carboxylic acids is 1. The minimum atomic E-state index is -0.927. The second kappa shape index (κ2) is 5.09. The first-order valence-corrected chi connectivity index (χ1v) is 7.33. The molecule has 1 aromatic rings. The van der Waals surface area contributed by atoms with Crippen LogP contribution >= 0.6 is 15.9 Å². The van der Waals surface area contributed by atoms with Gasteiger partial charge < -0.3 is 14.7 Å². The highest BCUT2D eigenvalue weighted by molar-refractivity contribution is 9.10. The van der Waals surface area contributed by atoms with Crippen LogP contribution in [0.2, 0.25) is 0 Å². The third-order valence-corrected chi connectivity index (χ3v) is 4.37. The van der Waals surface area contributed by atoms with Gasteiger partial charge in [-0.3, -0.25) is 4.79 Å². The van der Waals surface area contributed by atoms with Crippen molar-refractivity contribution in [1.82, 2.24) is 4.90 Å². The van der Waals surface area contributed by atoms with Gasteiger partial charge in [-0.15, -0.1) is 0 Å². The predicted octanol–water partition coefficient (Wildman–Crippen LogP) is 2.00. The maximum Gasteiger partial charge on any atom is 0.326 e. The Morgan fingerprint density at radius 3 is 2.95 bits per heavy atom. The van der Waals surface area contributed by atoms with Gasteiger partial charge in [0.05, 0.1) is 0 Å². The Balaban J connectivity index is 1.86. The number of hydrogen-bond donors (Lipinski definition) is 1. The van der Waals surface area contributed by atoms with Gasteiger partial charge in [-0.2, -0.15) is 0 Å². The van der Waals surface area contributed by atoms with Crippen molar-refractivity contribution in [3.8, 4) is 5.75 Å². The molecule has 2 aliphatic heterocycles. The molecule has 1 saturated heterocycles. The van der Waals surface area contributed by atoms with Crippen molar-refractivity contribution in [2.45, 2.75) is 24.8 Å². The van der Waals surface area contributed by atoms with Crippen LogP contribution in [0, 0.1) is 0 Å². The molecular formula is C14H14BrNO4. The molecule has 0 saturated carbocycles. The zero-order chi connectivity index (χ0) is 14.3. The van der Waals surface area contributed by atoms with Crippen LogP contribution in [0.15, 0.2) is 22.7 Å². The minimum Gasteiger partial charge on any atom is -0.492 e. The van der Waals surface area contributed by atoms with Crippen LogP contribution in [0.4, 0.5) is 0 Å². The van der Waals surface area contributed by atoms with Gasteiger partial charge in [0.2, 0.25) is 5.91 Å². The average molecular weight is 340 g/mol. The summed E-state index contributed by atoms with van der Waals surface area (Å²) in [6, 6.07) is 4.86. The highest BCUT2D eigenvalue weighted by Crippen LogP contribution is 2.37. The summed E-state index contributed by atoms with van der Waals surface area (Å²) >= 11 is 3.39. The maximum atomic E-state index is 12.6. The van der Waals surface area contributed by atoms with Crippen LogP contribution < -0.4 is 4.74 Å². The van der Waals surface area contributed by atoms with Gasteiger partial charge in [-0.05, 0) is 31.0 Å². The predicted molar refractivity (Wildman–Crippen MR) is 74.7 cm³/mol. The summed E-state index contributed by atoms with van der Waals surface area (Å²) in [6.45, 7) is 0.795. The molecule has 5 nitrogen and oxygen atoms in total. The van der Waals surface area contributed by atoms with Gasteiger partial charge in [-0.25, -0.2) is 4.79 Å². The lowest BCUT2D eigenvalue weighted by Crippen LogP contribution is -2.43. The Bertz CT molecular complexity index is 574. The number of halogens is 1. The molecule has 1 aromatic carbocycles. The number of carboxylic acid groups (broad SMARTS) is 1. The van der Waals surface area contributed by atoms with E-state index in [1.165, 1.54) is 4.90 Å². The molecule has 106 valence electrons. The number of fused-ring (bicyclic) bond motifs is 1. The Kier molecular flexibility index (Phi) is 3.41. The molecule has 1 fully saturated rings. The lowest BCUT2D eigenvalue weighted by Gasteiger charge is -2.24. The van der Waals surface area contributed by atoms with Gasteiger partial charge in [0.25, 0.3) is 0 Å². The first-order valence-electron chi connectivity index (χ1n) is 6.53. The van der Waals surface area contributed by atoms with Crippen molar-refractivity contribution in [2.24, 2.45) is 0 Å². The summed E-state index contributed by atoms with van der Waals surface area (Å²) in [7, 11) is 0. The topological polar surface area (TPSA) is 66.8 Å². The first-order chi connectivity index (χ1) is 9.58. The van der Waals surface area contributed by atoms with E-state index in [0.717, 1.165) is 16.5 Å². The van der Waals surface area contributed by atoms with E-state index < -0.39 is 17.9 Å². The molecule has 6 heteroatoms. The van der Waals surface area contributed by atoms with E-state index in [-0.39, 0.29) is 12.5 Å². The van der Waals surface area contributed by atoms with Crippen molar-refractivity contribution >= 4 is 27.8 Å². The molecule has 2 heterocycles. The number of carbonyl (C=O) groups excluding carboxylic acids is 1. The lowest BCUT2D eigenvalue weighted by molar-refractivity contribution is -0.148. The Hall–Kier alpha value is -1.56. The zero-order valence-corrected chi connectivity index (χ0v) is 12.3. The van der Waals surface area contributed by atoms with Gasteiger partial charge >= 0.3 is 5.97 Å². The summed E-state index contributed by atoms with van der Waals surface area (Å²) in [5.74, 6) is -0.768. The maximum absolute atomic E-state index is 12.6. The van der Waals surface area contributed by atoms with Gasteiger partial charge in [0.1, 0.15) is 24.3 Å². The van der Waals surface area contributed by atoms with Crippen molar-refractivity contribution < 1.29 is 19.4 Å². The lowest BCUT2D eigenvalue weighted by atomic mass is 9.99. The van der Waals surface area contributed by atoms with Crippen LogP contribution in [0.5, 0.6) is 5.75 Å². The summed E-state index contributed by atoms with van der Waals surface area (Å²) in [5, 5.41) is 9.18. The molecule has 1 amide bonds. The van der Waals surface area contributed by atoms with E-state index in [0.29, 0.717) is 18.7 Å². The van der Waals surface area contributed by atoms with E-state index in [1.807, 2.05) is 18.2 Å². The smallest absolute Gasteiger partial charge is 0.326 e. The molecule has 0 aromatic heterocycles. The molecule has 0 bridgehead atoms. The van der Waals surface area contributed by atoms with Crippen LogP contribution in [0.25, 0.3) is 0 Å². The number of nitrogens with zero attached hydrogens (tertiary/aromatic N) is 1. The first kappa shape index (κ1) is 13.4. The van der Waals surface area contributed by atoms with Gasteiger partial charge in [0.15, 0.2) is 0 Å². The number of hydrogen-bond acceptors (Lipinski definition) is 3. The number of likely N-dealkylation sites (tertiary alicyclic amines) is 1. The molecule has 1 unspecified atom stereocenters. The number of ether oxygens (including phenoxy) is 1. The highest BCUT2D eigenvalue weighted by Gasteiger charge is 2.40. The standard InChI is InChI=1S/C14H14BrNO4/c15-8-3-4-12-9(6-8)10(7-20-12)13(17)16-5-1-2-11(16)14(18)19/h3-4,6,10-11H,1-2,5,7H2,(H,18,19)/t10?,11-/m0/s1. The quantitative estimate of drug-likeness (QED) is 0.894. The molecule has 2 aliphatic rings. The summed E-state index contributed by atoms with van der Waals surface area (Å²) in [5.41, 5.74) is 0.834. The van der Waals surface area contributed by atoms with E-state index in [4.69, 9.17) is 4.74 Å². The Morgan fingerprint density at radius 1 is 1.40 bits per heavy atom. The number of rotatable bonds is 2. The average Bonchev–Trinajstić information content (AvgIpc) is 3.04. The normalized spacial score (nSPS) is 24.4. The molecule has 3 rings (SSSR count). The SMILES string of the molecule is O=C(O)[C@@H]1CCCN1C(=O)C1COc2ccc(Br)cc21. The molecule has 2 atom stereocenters. The van der Waals surface area contributed by atoms with Gasteiger partial charge in [-0.1, -0.05) is 15.9 Å². The van der Waals surface area contributed by atoms with E-state index >= 15 is 0 Å². The largest absolute Gasteiger partial charge is 0.492 e. The third-order valence-electron chi connectivity index (χ3n) is 3.87. The van der Waals surface area contributed by atoms with E-state index in [9.17, 15) is 14.7 Å². The molecule has 20 heavy (non-hydrogen) atoms. The third kappa shape index (κ3) is 2.18. The molecular weight excluding hydrogens is 326 g/mol. The van der Waals surface area contributed by atoms with Crippen molar-refractivity contribution in [2.75, 3.05) is 13.2 Å². The van der Waals surface area contributed by atoms with Crippen LogP contribution in [0.1, 0.15) is 24.3 Å². The summed E-state index contributed by atoms with van der Waals surface area (Å²) < 4.78 is 6.41.